The van der Waals surface area contributed by atoms with Crippen molar-refractivity contribution in [3.63, 3.8) is 0 Å². The maximum Gasteiger partial charge on any atom is 0.161 e. The van der Waals surface area contributed by atoms with Crippen LogP contribution in [0.4, 0.5) is 5.82 Å². The predicted molar refractivity (Wildman–Crippen MR) is 75.9 cm³/mol. The summed E-state index contributed by atoms with van der Waals surface area (Å²) in [5.74, 6) is 0.582. The van der Waals surface area contributed by atoms with Crippen LogP contribution in [0.25, 0.3) is 0 Å². The molecule has 2 rings (SSSR count). The van der Waals surface area contributed by atoms with Gasteiger partial charge in [0.05, 0.1) is 23.5 Å². The smallest absolute Gasteiger partial charge is 0.161 e. The Hall–Kier alpha value is -1.93. The third-order valence-corrected chi connectivity index (χ3v) is 3.41. The molecule has 20 heavy (non-hydrogen) atoms. The monoisotopic (exact) mass is 273 g/mol. The van der Waals surface area contributed by atoms with Gasteiger partial charge in [-0.3, -0.25) is 4.79 Å². The topological polar surface area (TPSA) is 66.2 Å². The highest BCUT2D eigenvalue weighted by atomic mass is 16.5. The van der Waals surface area contributed by atoms with Crippen molar-refractivity contribution < 1.29 is 9.53 Å². The number of hydrogen-bond donors (Lipinski definition) is 0. The Balaban J connectivity index is 2.44. The molecule has 0 saturated carbocycles. The predicted octanol–water partition coefficient (Wildman–Crippen LogP) is 2.08. The van der Waals surface area contributed by atoms with Gasteiger partial charge in [0.25, 0.3) is 0 Å². The minimum absolute atomic E-state index is 0.0678. The molecule has 0 spiro atoms. The SMILES string of the molecule is CC(=O)c1cc(C#N)c(N2C[C@@H](C)O[C@H](C)C2)nc1C. The molecule has 1 saturated heterocycles. The molecule has 0 aliphatic carbocycles. The first-order valence-electron chi connectivity index (χ1n) is 6.75. The van der Waals surface area contributed by atoms with Crippen molar-refractivity contribution in [3.05, 3.63) is 22.9 Å². The quantitative estimate of drug-likeness (QED) is 0.772. The maximum atomic E-state index is 11.5. The van der Waals surface area contributed by atoms with E-state index in [-0.39, 0.29) is 18.0 Å². The highest BCUT2D eigenvalue weighted by Gasteiger charge is 2.26. The number of morpholine rings is 1. The summed E-state index contributed by atoms with van der Waals surface area (Å²) in [6.45, 7) is 8.70. The lowest BCUT2D eigenvalue weighted by molar-refractivity contribution is -0.00548. The largest absolute Gasteiger partial charge is 0.372 e. The second-order valence-electron chi connectivity index (χ2n) is 5.32. The lowest BCUT2D eigenvalue weighted by Gasteiger charge is -2.36. The van der Waals surface area contributed by atoms with Gasteiger partial charge in [-0.15, -0.1) is 0 Å². The van der Waals surface area contributed by atoms with E-state index in [1.165, 1.54) is 6.92 Å². The number of aryl methyl sites for hydroxylation is 1. The highest BCUT2D eigenvalue weighted by molar-refractivity contribution is 5.95. The van der Waals surface area contributed by atoms with Crippen LogP contribution in [0.1, 0.15) is 42.4 Å². The fraction of sp³-hybridized carbons (Fsp3) is 0.533. The van der Waals surface area contributed by atoms with Gasteiger partial charge >= 0.3 is 0 Å². The van der Waals surface area contributed by atoms with Crippen molar-refractivity contribution in [1.82, 2.24) is 4.98 Å². The van der Waals surface area contributed by atoms with Crippen molar-refractivity contribution in [1.29, 1.82) is 5.26 Å². The van der Waals surface area contributed by atoms with E-state index in [9.17, 15) is 10.1 Å². The number of aromatic nitrogens is 1. The molecule has 5 nitrogen and oxygen atoms in total. The number of nitriles is 1. The van der Waals surface area contributed by atoms with Crippen LogP contribution in [0, 0.1) is 18.3 Å². The van der Waals surface area contributed by atoms with Crippen LogP contribution in [-0.4, -0.2) is 36.1 Å². The Labute approximate surface area is 119 Å². The molecule has 1 aliphatic heterocycles. The molecule has 1 aromatic rings. The van der Waals surface area contributed by atoms with Crippen LogP contribution in [0.2, 0.25) is 0 Å². The molecule has 5 heteroatoms. The van der Waals surface area contributed by atoms with E-state index in [1.807, 2.05) is 13.8 Å². The number of Topliss-reactive ketones (excluding diaryl/α,β-unsaturated/α-hetero) is 1. The van der Waals surface area contributed by atoms with Crippen molar-refractivity contribution in [2.75, 3.05) is 18.0 Å². The standard InChI is InChI=1S/C15H19N3O2/c1-9-7-18(8-10(2)20-9)15-13(6-16)5-14(12(4)19)11(3)17-15/h5,9-10H,7-8H2,1-4H3/t9-,10-/m1/s1. The zero-order valence-corrected chi connectivity index (χ0v) is 12.3. The van der Waals surface area contributed by atoms with Gasteiger partial charge in [-0.1, -0.05) is 0 Å². The molecule has 0 N–H and O–H groups in total. The summed E-state index contributed by atoms with van der Waals surface area (Å²) in [6.07, 6.45) is 0.194. The van der Waals surface area contributed by atoms with E-state index in [0.717, 1.165) is 0 Å². The molecule has 2 atom stereocenters. The Morgan fingerprint density at radius 3 is 2.55 bits per heavy atom. The Morgan fingerprint density at radius 1 is 1.45 bits per heavy atom. The van der Waals surface area contributed by atoms with Gasteiger partial charge in [0.2, 0.25) is 0 Å². The molecule has 0 unspecified atom stereocenters. The number of pyridine rings is 1. The van der Waals surface area contributed by atoms with Gasteiger partial charge in [-0.25, -0.2) is 4.98 Å². The normalized spacial score (nSPS) is 22.4. The average molecular weight is 273 g/mol. The lowest BCUT2D eigenvalue weighted by Crippen LogP contribution is -2.46. The van der Waals surface area contributed by atoms with E-state index in [2.05, 4.69) is 16.0 Å². The molecular weight excluding hydrogens is 254 g/mol. The van der Waals surface area contributed by atoms with E-state index in [1.54, 1.807) is 13.0 Å². The highest BCUT2D eigenvalue weighted by Crippen LogP contribution is 2.24. The van der Waals surface area contributed by atoms with Crippen molar-refractivity contribution >= 4 is 11.6 Å². The zero-order chi connectivity index (χ0) is 14.9. The first-order valence-corrected chi connectivity index (χ1v) is 6.75. The molecule has 2 heterocycles. The Kier molecular flexibility index (Phi) is 4.05. The Morgan fingerprint density at radius 2 is 2.05 bits per heavy atom. The van der Waals surface area contributed by atoms with Crippen LogP contribution in [0.15, 0.2) is 6.07 Å². The number of rotatable bonds is 2. The Bertz CT molecular complexity index is 567. The summed E-state index contributed by atoms with van der Waals surface area (Å²) in [6, 6.07) is 3.79. The van der Waals surface area contributed by atoms with Gasteiger partial charge in [0.1, 0.15) is 11.9 Å². The molecule has 0 aromatic carbocycles. The number of carbonyl (C=O) groups excluding carboxylic acids is 1. The molecule has 0 bridgehead atoms. The van der Waals surface area contributed by atoms with Crippen LogP contribution in [-0.2, 0) is 4.74 Å². The molecule has 1 fully saturated rings. The fourth-order valence-electron chi connectivity index (χ4n) is 2.62. The fourth-order valence-corrected chi connectivity index (χ4v) is 2.62. The van der Waals surface area contributed by atoms with Crippen molar-refractivity contribution in [2.24, 2.45) is 0 Å². The maximum absolute atomic E-state index is 11.5. The second-order valence-corrected chi connectivity index (χ2v) is 5.32. The summed E-state index contributed by atoms with van der Waals surface area (Å²) in [4.78, 5) is 18.1. The summed E-state index contributed by atoms with van der Waals surface area (Å²) in [5, 5.41) is 9.32. The van der Waals surface area contributed by atoms with Crippen molar-refractivity contribution in [3.8, 4) is 6.07 Å². The molecule has 106 valence electrons. The molecule has 0 radical (unpaired) electrons. The third kappa shape index (κ3) is 2.81. The zero-order valence-electron chi connectivity index (χ0n) is 12.3. The molecule has 0 amide bonds. The molecule has 1 aliphatic rings. The van der Waals surface area contributed by atoms with E-state index >= 15 is 0 Å². The number of carbonyl (C=O) groups is 1. The lowest BCUT2D eigenvalue weighted by atomic mass is 10.1. The summed E-state index contributed by atoms with van der Waals surface area (Å²) < 4.78 is 5.70. The third-order valence-electron chi connectivity index (χ3n) is 3.41. The van der Waals surface area contributed by atoms with Crippen LogP contribution >= 0.6 is 0 Å². The number of anilines is 1. The van der Waals surface area contributed by atoms with Crippen LogP contribution in [0.5, 0.6) is 0 Å². The summed E-state index contributed by atoms with van der Waals surface area (Å²) >= 11 is 0. The second kappa shape index (κ2) is 5.59. The first-order chi connectivity index (χ1) is 9.42. The number of hydrogen-bond acceptors (Lipinski definition) is 5. The first kappa shape index (κ1) is 14.5. The summed E-state index contributed by atoms with van der Waals surface area (Å²) in [7, 11) is 0. The van der Waals surface area contributed by atoms with Gasteiger partial charge < -0.3 is 9.64 Å². The van der Waals surface area contributed by atoms with Crippen molar-refractivity contribution in [2.45, 2.75) is 39.9 Å². The minimum atomic E-state index is -0.0678. The van der Waals surface area contributed by atoms with E-state index < -0.39 is 0 Å². The number of ether oxygens (including phenoxy) is 1. The van der Waals surface area contributed by atoms with Gasteiger partial charge in [-0.05, 0) is 33.8 Å². The van der Waals surface area contributed by atoms with Crippen LogP contribution in [0.3, 0.4) is 0 Å². The van der Waals surface area contributed by atoms with Gasteiger partial charge in [0, 0.05) is 18.7 Å². The average Bonchev–Trinajstić information content (AvgIpc) is 2.36. The van der Waals surface area contributed by atoms with E-state index in [0.29, 0.717) is 35.7 Å². The summed E-state index contributed by atoms with van der Waals surface area (Å²) in [5.41, 5.74) is 1.63. The molecular formula is C15H19N3O2. The van der Waals surface area contributed by atoms with Crippen LogP contribution < -0.4 is 4.90 Å². The van der Waals surface area contributed by atoms with E-state index in [4.69, 9.17) is 4.74 Å². The van der Waals surface area contributed by atoms with Gasteiger partial charge in [0.15, 0.2) is 5.78 Å². The minimum Gasteiger partial charge on any atom is -0.372 e. The van der Waals surface area contributed by atoms with Gasteiger partial charge in [-0.2, -0.15) is 5.26 Å². The number of nitrogens with zero attached hydrogens (tertiary/aromatic N) is 3. The molecule has 1 aromatic heterocycles. The number of ketones is 1.